The van der Waals surface area contributed by atoms with Crippen LogP contribution < -0.4 is 10.6 Å². The molecule has 0 unspecified atom stereocenters. The molecule has 1 rings (SSSR count). The van der Waals surface area contributed by atoms with E-state index < -0.39 is 5.97 Å². The normalized spacial score (nSPS) is 9.95. The van der Waals surface area contributed by atoms with Crippen molar-refractivity contribution in [3.63, 3.8) is 0 Å². The third kappa shape index (κ3) is 7.10. The van der Waals surface area contributed by atoms with E-state index in [1.807, 2.05) is 13.0 Å². The van der Waals surface area contributed by atoms with E-state index >= 15 is 0 Å². The number of carboxylic acids is 1. The van der Waals surface area contributed by atoms with E-state index in [1.165, 1.54) is 0 Å². The molecule has 1 aromatic rings. The van der Waals surface area contributed by atoms with Gasteiger partial charge in [0, 0.05) is 18.5 Å². The second-order valence-corrected chi connectivity index (χ2v) is 4.67. The molecule has 0 fully saturated rings. The van der Waals surface area contributed by atoms with Crippen molar-refractivity contribution in [1.29, 1.82) is 0 Å². The van der Waals surface area contributed by atoms with E-state index in [2.05, 4.69) is 10.6 Å². The highest BCUT2D eigenvalue weighted by Crippen LogP contribution is 2.12. The van der Waals surface area contributed by atoms with Gasteiger partial charge in [-0.25, -0.2) is 0 Å². The van der Waals surface area contributed by atoms with Crippen LogP contribution >= 0.6 is 0 Å². The van der Waals surface area contributed by atoms with Crippen LogP contribution in [0.1, 0.15) is 31.7 Å². The van der Waals surface area contributed by atoms with Gasteiger partial charge in [0.15, 0.2) is 0 Å². The van der Waals surface area contributed by atoms with Crippen LogP contribution in [0.25, 0.3) is 0 Å². The van der Waals surface area contributed by atoms with Crippen molar-refractivity contribution in [2.24, 2.45) is 0 Å². The summed E-state index contributed by atoms with van der Waals surface area (Å²) in [5.74, 6) is -1.32. The first kappa shape index (κ1) is 16.7. The van der Waals surface area contributed by atoms with Crippen LogP contribution in [-0.4, -0.2) is 29.4 Å². The zero-order chi connectivity index (χ0) is 15.7. The van der Waals surface area contributed by atoms with Crippen molar-refractivity contribution in [3.8, 4) is 0 Å². The Morgan fingerprint density at radius 1 is 1.14 bits per heavy atom. The zero-order valence-corrected chi connectivity index (χ0v) is 12.0. The molecule has 0 spiro atoms. The Labute approximate surface area is 123 Å². The number of aliphatic carboxylic acids is 1. The van der Waals surface area contributed by atoms with Crippen LogP contribution in [0.4, 0.5) is 5.69 Å². The molecule has 3 N–H and O–H groups in total. The third-order valence-electron chi connectivity index (χ3n) is 2.76. The summed E-state index contributed by atoms with van der Waals surface area (Å²) in [4.78, 5) is 33.5. The number of carbonyl (C=O) groups is 3. The number of hydrogen-bond acceptors (Lipinski definition) is 3. The molecule has 0 aromatic heterocycles. The molecule has 21 heavy (non-hydrogen) atoms. The number of nitrogens with one attached hydrogen (secondary N) is 2. The smallest absolute Gasteiger partial charge is 0.303 e. The first-order valence-electron chi connectivity index (χ1n) is 6.88. The number of benzene rings is 1. The van der Waals surface area contributed by atoms with Crippen LogP contribution in [0.15, 0.2) is 24.3 Å². The summed E-state index contributed by atoms with van der Waals surface area (Å²) >= 11 is 0. The average Bonchev–Trinajstić information content (AvgIpc) is 2.44. The molecule has 0 aliphatic carbocycles. The number of carbonyl (C=O) groups excluding carboxylic acids is 2. The van der Waals surface area contributed by atoms with Crippen molar-refractivity contribution in [3.05, 3.63) is 29.8 Å². The number of rotatable bonds is 8. The number of aryl methyl sites for hydroxylation is 1. The lowest BCUT2D eigenvalue weighted by molar-refractivity contribution is -0.137. The number of amides is 2. The fraction of sp³-hybridized carbons (Fsp3) is 0.400. The van der Waals surface area contributed by atoms with Gasteiger partial charge in [-0.2, -0.15) is 0 Å². The third-order valence-corrected chi connectivity index (χ3v) is 2.76. The highest BCUT2D eigenvalue weighted by atomic mass is 16.4. The van der Waals surface area contributed by atoms with E-state index in [9.17, 15) is 14.4 Å². The van der Waals surface area contributed by atoms with Crippen LogP contribution in [-0.2, 0) is 20.8 Å². The molecule has 0 radical (unpaired) electrons. The Kier molecular flexibility index (Phi) is 6.94. The Morgan fingerprint density at radius 2 is 1.90 bits per heavy atom. The van der Waals surface area contributed by atoms with E-state index in [4.69, 9.17) is 5.11 Å². The molecule has 0 saturated carbocycles. The predicted octanol–water partition coefficient (Wildman–Crippen LogP) is 1.56. The van der Waals surface area contributed by atoms with Gasteiger partial charge < -0.3 is 15.7 Å². The predicted molar refractivity (Wildman–Crippen MR) is 78.9 cm³/mol. The first-order valence-corrected chi connectivity index (χ1v) is 6.88. The Bertz CT molecular complexity index is 514. The second kappa shape index (κ2) is 8.73. The molecule has 0 saturated heterocycles. The lowest BCUT2D eigenvalue weighted by atomic mass is 10.1. The molecule has 1 aromatic carbocycles. The number of hydrogen-bond donors (Lipinski definition) is 3. The molecule has 6 nitrogen and oxygen atoms in total. The van der Waals surface area contributed by atoms with Gasteiger partial charge in [-0.3, -0.25) is 14.4 Å². The highest BCUT2D eigenvalue weighted by molar-refractivity contribution is 5.94. The molecule has 2 amide bonds. The molecule has 0 aliphatic heterocycles. The highest BCUT2D eigenvalue weighted by Gasteiger charge is 2.06. The van der Waals surface area contributed by atoms with Gasteiger partial charge in [-0.15, -0.1) is 0 Å². The zero-order valence-electron chi connectivity index (χ0n) is 12.0. The van der Waals surface area contributed by atoms with Crippen LogP contribution in [0, 0.1) is 0 Å². The van der Waals surface area contributed by atoms with Crippen molar-refractivity contribution < 1.29 is 19.5 Å². The summed E-state index contributed by atoms with van der Waals surface area (Å²) < 4.78 is 0. The Morgan fingerprint density at radius 3 is 2.57 bits per heavy atom. The van der Waals surface area contributed by atoms with Crippen molar-refractivity contribution in [2.45, 2.75) is 32.6 Å². The Balaban J connectivity index is 2.46. The van der Waals surface area contributed by atoms with Crippen LogP contribution in [0.2, 0.25) is 0 Å². The average molecular weight is 292 g/mol. The van der Waals surface area contributed by atoms with Gasteiger partial charge in [0.05, 0.1) is 6.54 Å². The molecule has 0 aliphatic rings. The van der Waals surface area contributed by atoms with Gasteiger partial charge in [-0.1, -0.05) is 19.1 Å². The van der Waals surface area contributed by atoms with Crippen molar-refractivity contribution in [1.82, 2.24) is 5.32 Å². The quantitative estimate of drug-likeness (QED) is 0.677. The molecular formula is C15H20N2O4. The standard InChI is InChI=1S/C15H20N2O4/c1-2-4-13(18)16-10-14(19)17-12-6-3-5-11(9-12)7-8-15(20)21/h3,5-6,9H,2,4,7-8,10H2,1H3,(H,16,18)(H,17,19)(H,20,21). The summed E-state index contributed by atoms with van der Waals surface area (Å²) in [6.07, 6.45) is 1.59. The fourth-order valence-electron chi connectivity index (χ4n) is 1.76. The van der Waals surface area contributed by atoms with Gasteiger partial charge >= 0.3 is 5.97 Å². The maximum Gasteiger partial charge on any atom is 0.303 e. The first-order chi connectivity index (χ1) is 10.0. The summed E-state index contributed by atoms with van der Waals surface area (Å²) in [5.41, 5.74) is 1.43. The van der Waals surface area contributed by atoms with Crippen LogP contribution in [0.5, 0.6) is 0 Å². The van der Waals surface area contributed by atoms with Gasteiger partial charge in [0.1, 0.15) is 0 Å². The van der Waals surface area contributed by atoms with Crippen molar-refractivity contribution in [2.75, 3.05) is 11.9 Å². The van der Waals surface area contributed by atoms with E-state index in [0.717, 1.165) is 12.0 Å². The fourth-order valence-corrected chi connectivity index (χ4v) is 1.76. The number of carboxylic acid groups (broad SMARTS) is 1. The maximum atomic E-state index is 11.7. The molecular weight excluding hydrogens is 272 g/mol. The second-order valence-electron chi connectivity index (χ2n) is 4.67. The summed E-state index contributed by atoms with van der Waals surface area (Å²) in [6, 6.07) is 7.01. The monoisotopic (exact) mass is 292 g/mol. The topological polar surface area (TPSA) is 95.5 Å². The van der Waals surface area contributed by atoms with Gasteiger partial charge in [0.25, 0.3) is 0 Å². The SMILES string of the molecule is CCCC(=O)NCC(=O)Nc1cccc(CCC(=O)O)c1. The van der Waals surface area contributed by atoms with Gasteiger partial charge in [-0.05, 0) is 30.5 Å². The minimum atomic E-state index is -0.858. The molecule has 0 bridgehead atoms. The summed E-state index contributed by atoms with van der Waals surface area (Å²) in [5, 5.41) is 13.8. The molecule has 0 atom stereocenters. The van der Waals surface area contributed by atoms with Crippen LogP contribution in [0.3, 0.4) is 0 Å². The summed E-state index contributed by atoms with van der Waals surface area (Å²) in [6.45, 7) is 1.82. The molecule has 0 heterocycles. The molecule has 6 heteroatoms. The van der Waals surface area contributed by atoms with Gasteiger partial charge in [0.2, 0.25) is 11.8 Å². The van der Waals surface area contributed by atoms with Crippen molar-refractivity contribution >= 4 is 23.5 Å². The molecule has 114 valence electrons. The Hall–Kier alpha value is -2.37. The minimum Gasteiger partial charge on any atom is -0.481 e. The maximum absolute atomic E-state index is 11.7. The van der Waals surface area contributed by atoms with E-state index in [0.29, 0.717) is 18.5 Å². The summed E-state index contributed by atoms with van der Waals surface area (Å²) in [7, 11) is 0. The lowest BCUT2D eigenvalue weighted by Gasteiger charge is -2.08. The largest absolute Gasteiger partial charge is 0.481 e. The lowest BCUT2D eigenvalue weighted by Crippen LogP contribution is -2.32. The number of anilines is 1. The minimum absolute atomic E-state index is 0.0461. The van der Waals surface area contributed by atoms with E-state index in [-0.39, 0.29) is 24.8 Å². The van der Waals surface area contributed by atoms with E-state index in [1.54, 1.807) is 18.2 Å².